The van der Waals surface area contributed by atoms with E-state index >= 15 is 0 Å². The number of carbonyl (C=O) groups excluding carboxylic acids is 1. The third-order valence-electron chi connectivity index (χ3n) is 2.84. The van der Waals surface area contributed by atoms with Gasteiger partial charge in [0, 0.05) is 18.6 Å². The van der Waals surface area contributed by atoms with Crippen LogP contribution in [0, 0.1) is 6.92 Å². The van der Waals surface area contributed by atoms with Gasteiger partial charge in [-0.2, -0.15) is 5.10 Å². The highest BCUT2D eigenvalue weighted by atomic mass is 32.2. The summed E-state index contributed by atoms with van der Waals surface area (Å²) in [7, 11) is -3.35. The smallest absolute Gasteiger partial charge is 0.271 e. The molecule has 4 N–H and O–H groups in total. The van der Waals surface area contributed by atoms with Crippen LogP contribution in [0.1, 0.15) is 37.0 Å². The van der Waals surface area contributed by atoms with Crippen LogP contribution in [0.25, 0.3) is 0 Å². The van der Waals surface area contributed by atoms with Gasteiger partial charge in [0.05, 0.1) is 17.6 Å². The second-order valence-electron chi connectivity index (χ2n) is 5.60. The van der Waals surface area contributed by atoms with Crippen LogP contribution in [-0.4, -0.2) is 42.4 Å². The molecule has 1 aromatic rings. The molecule has 0 atom stereocenters. The Morgan fingerprint density at radius 2 is 2.00 bits per heavy atom. The van der Waals surface area contributed by atoms with Gasteiger partial charge in [-0.1, -0.05) is 0 Å². The van der Waals surface area contributed by atoms with E-state index in [0.29, 0.717) is 23.6 Å². The van der Waals surface area contributed by atoms with E-state index in [-0.39, 0.29) is 12.5 Å². The fraction of sp³-hybridized carbons (Fsp3) is 0.667. The summed E-state index contributed by atoms with van der Waals surface area (Å²) in [6.07, 6.45) is 1.07. The van der Waals surface area contributed by atoms with Crippen LogP contribution >= 0.6 is 0 Å². The predicted octanol–water partition coefficient (Wildman–Crippen LogP) is -0.149. The minimum Gasteiger partial charge on any atom is -0.395 e. The quantitative estimate of drug-likeness (QED) is 0.674. The maximum Gasteiger partial charge on any atom is 0.271 e. The van der Waals surface area contributed by atoms with Crippen LogP contribution < -0.4 is 15.8 Å². The molecule has 1 rings (SSSR count). The van der Waals surface area contributed by atoms with Crippen molar-refractivity contribution in [2.75, 3.05) is 18.5 Å². The molecule has 1 aromatic heterocycles. The predicted molar refractivity (Wildman–Crippen MR) is 81.4 cm³/mol. The van der Waals surface area contributed by atoms with E-state index in [2.05, 4.69) is 15.1 Å². The molecule has 0 aliphatic carbocycles. The van der Waals surface area contributed by atoms with E-state index in [1.165, 1.54) is 4.68 Å². The number of nitrogens with zero attached hydrogens (tertiary/aromatic N) is 2. The van der Waals surface area contributed by atoms with E-state index in [0.717, 1.165) is 6.26 Å². The summed E-state index contributed by atoms with van der Waals surface area (Å²) in [5.41, 5.74) is 6.29. The fourth-order valence-electron chi connectivity index (χ4n) is 1.99. The summed E-state index contributed by atoms with van der Waals surface area (Å²) in [4.78, 5) is 12.2. The number of anilines is 1. The first-order valence-corrected chi connectivity index (χ1v) is 8.46. The third kappa shape index (κ3) is 4.71. The number of aromatic nitrogens is 2. The number of amides is 1. The maximum absolute atomic E-state index is 12.2. The number of hydrogen-bond donors (Lipinski definition) is 3. The van der Waals surface area contributed by atoms with Crippen molar-refractivity contribution in [1.29, 1.82) is 0 Å². The Hall–Kier alpha value is -1.61. The first-order valence-electron chi connectivity index (χ1n) is 6.57. The molecule has 8 nitrogen and oxygen atoms in total. The molecule has 0 radical (unpaired) electrons. The van der Waals surface area contributed by atoms with Gasteiger partial charge in [-0.05, 0) is 27.7 Å². The van der Waals surface area contributed by atoms with E-state index in [9.17, 15) is 13.2 Å². The van der Waals surface area contributed by atoms with Gasteiger partial charge in [0.2, 0.25) is 10.0 Å². The number of hydrogen-bond acceptors (Lipinski definition) is 5. The van der Waals surface area contributed by atoms with Gasteiger partial charge in [0.15, 0.2) is 0 Å². The van der Waals surface area contributed by atoms with Gasteiger partial charge in [0.25, 0.3) is 5.91 Å². The molecular weight excluding hydrogens is 294 g/mol. The molecule has 0 saturated carbocycles. The van der Waals surface area contributed by atoms with Crippen molar-refractivity contribution in [3.8, 4) is 0 Å². The number of nitrogens with two attached hydrogens (primary N) is 1. The number of sulfonamides is 1. The molecule has 0 unspecified atom stereocenters. The lowest BCUT2D eigenvalue weighted by molar-refractivity contribution is 0.0934. The summed E-state index contributed by atoms with van der Waals surface area (Å²) in [5.74, 6) is -0.377. The monoisotopic (exact) mass is 317 g/mol. The summed E-state index contributed by atoms with van der Waals surface area (Å²) >= 11 is 0. The largest absolute Gasteiger partial charge is 0.395 e. The minimum absolute atomic E-state index is 0.131. The number of aryl methyl sites for hydroxylation is 2. The number of nitrogens with one attached hydrogen (secondary N) is 2. The lowest BCUT2D eigenvalue weighted by Crippen LogP contribution is -2.51. The molecule has 9 heteroatoms. The van der Waals surface area contributed by atoms with Crippen molar-refractivity contribution in [3.05, 3.63) is 11.4 Å². The van der Waals surface area contributed by atoms with Crippen molar-refractivity contribution < 1.29 is 13.2 Å². The van der Waals surface area contributed by atoms with Gasteiger partial charge in [-0.3, -0.25) is 9.48 Å². The second kappa shape index (κ2) is 6.02. The van der Waals surface area contributed by atoms with Crippen LogP contribution in [0.5, 0.6) is 0 Å². The standard InChI is InChI=1S/C12H23N5O3S/c1-6-17-10(9(13)8(2)15-17)11(18)14-7-12(3,4)16-21(5,19)20/h16H,6-7,13H2,1-5H3,(H,14,18). The Balaban J connectivity index is 2.84. The summed E-state index contributed by atoms with van der Waals surface area (Å²) < 4.78 is 26.5. The Bertz CT molecular complexity index is 634. The number of carbonyl (C=O) groups is 1. The molecule has 0 aliphatic heterocycles. The first-order chi connectivity index (χ1) is 9.47. The van der Waals surface area contributed by atoms with Gasteiger partial charge < -0.3 is 11.1 Å². The Morgan fingerprint density at radius 3 is 2.48 bits per heavy atom. The summed E-state index contributed by atoms with van der Waals surface area (Å²) in [5, 5.41) is 6.86. The van der Waals surface area contributed by atoms with E-state index < -0.39 is 15.6 Å². The number of rotatable bonds is 6. The minimum atomic E-state index is -3.35. The van der Waals surface area contributed by atoms with Crippen molar-refractivity contribution in [2.24, 2.45) is 0 Å². The zero-order valence-electron chi connectivity index (χ0n) is 13.0. The van der Waals surface area contributed by atoms with Crippen LogP contribution in [0.3, 0.4) is 0 Å². The highest BCUT2D eigenvalue weighted by Crippen LogP contribution is 2.16. The molecule has 1 heterocycles. The molecule has 0 spiro atoms. The highest BCUT2D eigenvalue weighted by molar-refractivity contribution is 7.88. The van der Waals surface area contributed by atoms with Gasteiger partial charge in [0.1, 0.15) is 5.69 Å². The topological polar surface area (TPSA) is 119 Å². The zero-order chi connectivity index (χ0) is 16.4. The molecular formula is C12H23N5O3S. The fourth-order valence-corrected chi connectivity index (χ4v) is 3.06. The zero-order valence-corrected chi connectivity index (χ0v) is 13.8. The van der Waals surface area contributed by atoms with E-state index in [1.807, 2.05) is 6.92 Å². The molecule has 0 bridgehead atoms. The van der Waals surface area contributed by atoms with Crippen LogP contribution in [0.4, 0.5) is 5.69 Å². The molecule has 0 aliphatic rings. The first kappa shape index (κ1) is 17.4. The van der Waals surface area contributed by atoms with Crippen LogP contribution in [0.2, 0.25) is 0 Å². The Kier molecular flexibility index (Phi) is 5.00. The SMILES string of the molecule is CCn1nc(C)c(N)c1C(=O)NCC(C)(C)NS(C)(=O)=O. The Labute approximate surface area is 125 Å². The maximum atomic E-state index is 12.2. The molecule has 0 aromatic carbocycles. The average Bonchev–Trinajstić information content (AvgIpc) is 2.59. The summed E-state index contributed by atoms with van der Waals surface area (Å²) in [6.45, 7) is 7.60. The molecule has 0 saturated heterocycles. The second-order valence-corrected chi connectivity index (χ2v) is 7.35. The normalized spacial score (nSPS) is 12.4. The van der Waals surface area contributed by atoms with Crippen LogP contribution in [0.15, 0.2) is 0 Å². The lowest BCUT2D eigenvalue weighted by Gasteiger charge is -2.25. The Morgan fingerprint density at radius 1 is 1.43 bits per heavy atom. The summed E-state index contributed by atoms with van der Waals surface area (Å²) in [6, 6.07) is 0. The van der Waals surface area contributed by atoms with E-state index in [4.69, 9.17) is 5.73 Å². The van der Waals surface area contributed by atoms with Crippen molar-refractivity contribution in [2.45, 2.75) is 39.8 Å². The van der Waals surface area contributed by atoms with Crippen molar-refractivity contribution in [3.63, 3.8) is 0 Å². The van der Waals surface area contributed by atoms with Gasteiger partial charge in [-0.25, -0.2) is 13.1 Å². The average molecular weight is 317 g/mol. The van der Waals surface area contributed by atoms with Gasteiger partial charge >= 0.3 is 0 Å². The third-order valence-corrected chi connectivity index (χ3v) is 3.76. The van der Waals surface area contributed by atoms with Crippen LogP contribution in [-0.2, 0) is 16.6 Å². The highest BCUT2D eigenvalue weighted by Gasteiger charge is 2.25. The molecule has 21 heavy (non-hydrogen) atoms. The molecule has 0 fully saturated rings. The van der Waals surface area contributed by atoms with Gasteiger partial charge in [-0.15, -0.1) is 0 Å². The lowest BCUT2D eigenvalue weighted by atomic mass is 10.1. The molecule has 1 amide bonds. The number of nitrogen functional groups attached to an aromatic ring is 1. The van der Waals surface area contributed by atoms with Crippen molar-refractivity contribution >= 4 is 21.6 Å². The molecule has 120 valence electrons. The van der Waals surface area contributed by atoms with Crippen molar-refractivity contribution in [1.82, 2.24) is 19.8 Å². The van der Waals surface area contributed by atoms with E-state index in [1.54, 1.807) is 20.8 Å².